The van der Waals surface area contributed by atoms with Gasteiger partial charge in [-0.3, -0.25) is 0 Å². The van der Waals surface area contributed by atoms with Crippen LogP contribution in [0.2, 0.25) is 0 Å². The number of unbranched alkanes of at least 4 members (excludes halogenated alkanes) is 1. The molecule has 1 aliphatic rings. The number of hydrogen-bond donors (Lipinski definition) is 1. The zero-order chi connectivity index (χ0) is 15.9. The monoisotopic (exact) mass is 295 g/mol. The van der Waals surface area contributed by atoms with E-state index in [0.717, 1.165) is 12.0 Å². The molecule has 1 fully saturated rings. The Bertz CT molecular complexity index is 278. The highest BCUT2D eigenvalue weighted by molar-refractivity contribution is 4.98. The Morgan fingerprint density at radius 1 is 1.10 bits per heavy atom. The first-order valence-electron chi connectivity index (χ1n) is 9.64. The van der Waals surface area contributed by atoms with E-state index in [1.807, 2.05) is 0 Å². The molecule has 0 amide bonds. The van der Waals surface area contributed by atoms with Gasteiger partial charge in [-0.2, -0.15) is 0 Å². The van der Waals surface area contributed by atoms with Crippen LogP contribution < -0.4 is 5.32 Å². The van der Waals surface area contributed by atoms with Crippen molar-refractivity contribution < 1.29 is 0 Å². The molecule has 0 spiro atoms. The summed E-state index contributed by atoms with van der Waals surface area (Å²) in [5.74, 6) is 0.845. The Labute approximate surface area is 134 Å². The van der Waals surface area contributed by atoms with Crippen LogP contribution in [-0.2, 0) is 0 Å². The molecule has 1 N–H and O–H groups in total. The summed E-state index contributed by atoms with van der Waals surface area (Å²) in [6, 6.07) is 0.802. The van der Waals surface area contributed by atoms with Gasteiger partial charge in [-0.05, 0) is 55.4 Å². The zero-order valence-corrected chi connectivity index (χ0v) is 15.7. The normalized spacial score (nSPS) is 28.4. The van der Waals surface area contributed by atoms with Gasteiger partial charge in [0.25, 0.3) is 0 Å². The minimum Gasteiger partial charge on any atom is -0.314 e. The van der Waals surface area contributed by atoms with E-state index in [2.05, 4.69) is 46.9 Å². The highest BCUT2D eigenvalue weighted by atomic mass is 14.9. The second kappa shape index (κ2) is 8.56. The maximum Gasteiger partial charge on any atom is 0.00778 e. The van der Waals surface area contributed by atoms with Crippen molar-refractivity contribution in [2.45, 2.75) is 105 Å². The van der Waals surface area contributed by atoms with E-state index in [4.69, 9.17) is 0 Å². The molecule has 0 bridgehead atoms. The van der Waals surface area contributed by atoms with Crippen LogP contribution in [0, 0.1) is 16.7 Å². The molecule has 0 heterocycles. The molecule has 0 aromatic rings. The lowest BCUT2D eigenvalue weighted by Crippen LogP contribution is -2.51. The minimum atomic E-state index is 0.586. The summed E-state index contributed by atoms with van der Waals surface area (Å²) in [6.45, 7) is 15.6. The predicted octanol–water partition coefficient (Wildman–Crippen LogP) is 6.18. The smallest absolute Gasteiger partial charge is 0.00778 e. The summed E-state index contributed by atoms with van der Waals surface area (Å²) in [4.78, 5) is 0. The molecule has 126 valence electrons. The third-order valence-corrected chi connectivity index (χ3v) is 6.61. The number of hydrogen-bond acceptors (Lipinski definition) is 1. The lowest BCUT2D eigenvalue weighted by atomic mass is 9.58. The molecular weight excluding hydrogens is 254 g/mol. The first-order valence-corrected chi connectivity index (χ1v) is 9.64. The zero-order valence-electron chi connectivity index (χ0n) is 15.7. The Morgan fingerprint density at radius 3 is 2.19 bits per heavy atom. The molecule has 1 nitrogen and oxygen atoms in total. The molecule has 0 unspecified atom stereocenters. The van der Waals surface area contributed by atoms with Crippen molar-refractivity contribution in [2.75, 3.05) is 6.54 Å². The van der Waals surface area contributed by atoms with Gasteiger partial charge in [0.05, 0.1) is 0 Å². The fraction of sp³-hybridized carbons (Fsp3) is 1.00. The third kappa shape index (κ3) is 5.27. The molecule has 21 heavy (non-hydrogen) atoms. The molecule has 1 rings (SSSR count). The van der Waals surface area contributed by atoms with Crippen molar-refractivity contribution in [1.82, 2.24) is 5.32 Å². The molecule has 1 heteroatoms. The van der Waals surface area contributed by atoms with E-state index in [9.17, 15) is 0 Å². The maximum atomic E-state index is 3.82. The molecule has 0 aromatic carbocycles. The summed E-state index contributed by atoms with van der Waals surface area (Å²) in [6.07, 6.45) is 12.4. The Balaban J connectivity index is 2.18. The van der Waals surface area contributed by atoms with E-state index in [1.165, 1.54) is 64.3 Å². The summed E-state index contributed by atoms with van der Waals surface area (Å²) in [7, 11) is 0. The molecule has 0 aliphatic heterocycles. The Hall–Kier alpha value is -0.0400. The molecular formula is C20H41N. The average Bonchev–Trinajstić information content (AvgIpc) is 2.43. The standard InChI is InChI=1S/C20H41N/c1-7-10-12-19(6,8-2)13-11-14-21-18-15-20(9-3,16-18)17(4)5/h17-18,21H,7-16H2,1-6H3/t18?,19-,20?/m0/s1. The first kappa shape index (κ1) is 19.0. The SMILES string of the molecule is CCCC[C@](C)(CC)CCCNC1CC(CC)(C(C)C)C1. The maximum absolute atomic E-state index is 3.82. The van der Waals surface area contributed by atoms with Gasteiger partial charge in [-0.25, -0.2) is 0 Å². The number of rotatable bonds is 11. The topological polar surface area (TPSA) is 12.0 Å². The van der Waals surface area contributed by atoms with Crippen LogP contribution in [0.25, 0.3) is 0 Å². The van der Waals surface area contributed by atoms with Gasteiger partial charge < -0.3 is 5.32 Å². The van der Waals surface area contributed by atoms with Gasteiger partial charge >= 0.3 is 0 Å². The lowest BCUT2D eigenvalue weighted by molar-refractivity contribution is 0.0251. The molecule has 1 saturated carbocycles. The van der Waals surface area contributed by atoms with Gasteiger partial charge in [0.15, 0.2) is 0 Å². The van der Waals surface area contributed by atoms with Crippen molar-refractivity contribution in [3.8, 4) is 0 Å². The summed E-state index contributed by atoms with van der Waals surface area (Å²) in [5.41, 5.74) is 1.24. The van der Waals surface area contributed by atoms with Crippen LogP contribution in [0.4, 0.5) is 0 Å². The van der Waals surface area contributed by atoms with E-state index < -0.39 is 0 Å². The molecule has 1 atom stereocenters. The van der Waals surface area contributed by atoms with Gasteiger partial charge in [-0.1, -0.05) is 67.2 Å². The van der Waals surface area contributed by atoms with Crippen LogP contribution in [-0.4, -0.2) is 12.6 Å². The Kier molecular flexibility index (Phi) is 7.74. The average molecular weight is 296 g/mol. The van der Waals surface area contributed by atoms with Gasteiger partial charge in [0, 0.05) is 6.04 Å². The summed E-state index contributed by atoms with van der Waals surface area (Å²) < 4.78 is 0. The Morgan fingerprint density at radius 2 is 1.71 bits per heavy atom. The molecule has 1 aliphatic carbocycles. The van der Waals surface area contributed by atoms with E-state index in [0.29, 0.717) is 10.8 Å². The third-order valence-electron chi connectivity index (χ3n) is 6.61. The van der Waals surface area contributed by atoms with E-state index in [1.54, 1.807) is 0 Å². The van der Waals surface area contributed by atoms with Crippen molar-refractivity contribution in [2.24, 2.45) is 16.7 Å². The van der Waals surface area contributed by atoms with Gasteiger partial charge in [0.1, 0.15) is 0 Å². The summed E-state index contributed by atoms with van der Waals surface area (Å²) in [5, 5.41) is 3.82. The van der Waals surface area contributed by atoms with Gasteiger partial charge in [-0.15, -0.1) is 0 Å². The van der Waals surface area contributed by atoms with E-state index in [-0.39, 0.29) is 0 Å². The molecule has 0 aromatic heterocycles. The fourth-order valence-corrected chi connectivity index (χ4v) is 4.14. The largest absolute Gasteiger partial charge is 0.314 e. The highest BCUT2D eigenvalue weighted by Gasteiger charge is 2.44. The fourth-order valence-electron chi connectivity index (χ4n) is 4.14. The first-order chi connectivity index (χ1) is 9.91. The van der Waals surface area contributed by atoms with Crippen LogP contribution in [0.1, 0.15) is 99.3 Å². The molecule has 0 radical (unpaired) electrons. The summed E-state index contributed by atoms with van der Waals surface area (Å²) >= 11 is 0. The molecule has 0 saturated heterocycles. The van der Waals surface area contributed by atoms with Crippen molar-refractivity contribution in [3.05, 3.63) is 0 Å². The van der Waals surface area contributed by atoms with Gasteiger partial charge in [0.2, 0.25) is 0 Å². The number of nitrogens with one attached hydrogen (secondary N) is 1. The van der Waals surface area contributed by atoms with Crippen molar-refractivity contribution >= 4 is 0 Å². The van der Waals surface area contributed by atoms with Crippen LogP contribution >= 0.6 is 0 Å². The van der Waals surface area contributed by atoms with Crippen molar-refractivity contribution in [1.29, 1.82) is 0 Å². The minimum absolute atomic E-state index is 0.586. The van der Waals surface area contributed by atoms with Crippen LogP contribution in [0.15, 0.2) is 0 Å². The quantitative estimate of drug-likeness (QED) is 0.449. The lowest BCUT2D eigenvalue weighted by Gasteiger charge is -2.51. The second-order valence-corrected chi connectivity index (χ2v) is 8.30. The highest BCUT2D eigenvalue weighted by Crippen LogP contribution is 2.49. The second-order valence-electron chi connectivity index (χ2n) is 8.30. The van der Waals surface area contributed by atoms with Crippen LogP contribution in [0.5, 0.6) is 0 Å². The van der Waals surface area contributed by atoms with Crippen molar-refractivity contribution in [3.63, 3.8) is 0 Å². The van der Waals surface area contributed by atoms with E-state index >= 15 is 0 Å². The predicted molar refractivity (Wildman–Crippen MR) is 95.7 cm³/mol. The van der Waals surface area contributed by atoms with Crippen LogP contribution in [0.3, 0.4) is 0 Å².